The van der Waals surface area contributed by atoms with Crippen LogP contribution >= 0.6 is 11.8 Å². The van der Waals surface area contributed by atoms with Crippen LogP contribution in [0.15, 0.2) is 58.3 Å². The number of carbonyl (C=O) groups is 1. The van der Waals surface area contributed by atoms with Gasteiger partial charge in [-0.2, -0.15) is 13.2 Å². The third-order valence-corrected chi connectivity index (χ3v) is 9.27. The summed E-state index contributed by atoms with van der Waals surface area (Å²) < 4.78 is 66.4. The summed E-state index contributed by atoms with van der Waals surface area (Å²) in [5.74, 6) is -2.71. The van der Waals surface area contributed by atoms with Gasteiger partial charge in [-0.3, -0.25) is 14.9 Å². The molecule has 0 saturated heterocycles. The third kappa shape index (κ3) is 9.10. The van der Waals surface area contributed by atoms with E-state index in [-0.39, 0.29) is 37.4 Å². The zero-order chi connectivity index (χ0) is 29.5. The molecule has 0 aliphatic heterocycles. The number of nitro groups is 1. The molecule has 2 aromatic rings. The zero-order valence-corrected chi connectivity index (χ0v) is 23.8. The van der Waals surface area contributed by atoms with Crippen molar-refractivity contribution in [1.29, 1.82) is 0 Å². The Bertz CT molecular complexity index is 1270. The van der Waals surface area contributed by atoms with Gasteiger partial charge in [0.25, 0.3) is 15.7 Å². The van der Waals surface area contributed by atoms with E-state index < -0.39 is 49.4 Å². The first-order chi connectivity index (χ1) is 18.8. The van der Waals surface area contributed by atoms with Crippen molar-refractivity contribution in [1.82, 2.24) is 9.62 Å². The molecule has 3 rings (SSSR count). The van der Waals surface area contributed by atoms with Gasteiger partial charge >= 0.3 is 6.18 Å². The first kappa shape index (κ1) is 31.7. The Morgan fingerprint density at radius 1 is 1.12 bits per heavy atom. The number of nitrogens with one attached hydrogen (secondary N) is 2. The fourth-order valence-corrected chi connectivity index (χ4v) is 6.51. The number of halogens is 3. The maximum absolute atomic E-state index is 12.9. The zero-order valence-electron chi connectivity index (χ0n) is 22.2. The molecule has 14 heteroatoms. The van der Waals surface area contributed by atoms with Crippen LogP contribution in [0.5, 0.6) is 0 Å². The number of nitrogens with zero attached hydrogens (tertiary/aromatic N) is 2. The van der Waals surface area contributed by atoms with Crippen molar-refractivity contribution in [3.8, 4) is 0 Å². The maximum Gasteiger partial charge on any atom is 0.391 e. The predicted molar refractivity (Wildman–Crippen MR) is 148 cm³/mol. The highest BCUT2D eigenvalue weighted by atomic mass is 32.2. The number of thioether (sulfide) groups is 1. The van der Waals surface area contributed by atoms with E-state index in [1.807, 2.05) is 54.0 Å². The van der Waals surface area contributed by atoms with Gasteiger partial charge in [0, 0.05) is 28.7 Å². The molecule has 0 bridgehead atoms. The van der Waals surface area contributed by atoms with Crippen LogP contribution in [-0.2, 0) is 14.8 Å². The highest BCUT2D eigenvalue weighted by molar-refractivity contribution is 7.99. The van der Waals surface area contributed by atoms with Crippen LogP contribution in [0.1, 0.15) is 32.1 Å². The lowest BCUT2D eigenvalue weighted by Crippen LogP contribution is -2.38. The summed E-state index contributed by atoms with van der Waals surface area (Å²) in [6.07, 6.45) is -4.39. The smallest absolute Gasteiger partial charge is 0.376 e. The largest absolute Gasteiger partial charge is 0.391 e. The Morgan fingerprint density at radius 3 is 2.35 bits per heavy atom. The molecule has 1 aliphatic carbocycles. The summed E-state index contributed by atoms with van der Waals surface area (Å²) in [5, 5.41) is 15.1. The van der Waals surface area contributed by atoms with Gasteiger partial charge in [-0.25, -0.2) is 13.1 Å². The Kier molecular flexibility index (Phi) is 10.8. The van der Waals surface area contributed by atoms with Crippen molar-refractivity contribution in [2.45, 2.75) is 54.1 Å². The minimum absolute atomic E-state index is 0.0934. The molecule has 0 unspecified atom stereocenters. The molecule has 40 heavy (non-hydrogen) atoms. The van der Waals surface area contributed by atoms with Crippen LogP contribution < -0.4 is 10.0 Å². The Labute approximate surface area is 236 Å². The van der Waals surface area contributed by atoms with Crippen molar-refractivity contribution in [3.63, 3.8) is 0 Å². The molecule has 0 heterocycles. The molecule has 1 fully saturated rings. The van der Waals surface area contributed by atoms with Gasteiger partial charge in [-0.05, 0) is 77.0 Å². The molecular formula is C26H33F3N4O5S2. The van der Waals surface area contributed by atoms with E-state index in [0.29, 0.717) is 18.7 Å². The van der Waals surface area contributed by atoms with E-state index >= 15 is 0 Å². The van der Waals surface area contributed by atoms with Gasteiger partial charge in [-0.15, -0.1) is 11.8 Å². The van der Waals surface area contributed by atoms with Crippen molar-refractivity contribution in [3.05, 3.63) is 58.6 Å². The first-order valence-electron chi connectivity index (χ1n) is 12.8. The lowest BCUT2D eigenvalue weighted by atomic mass is 9.81. The molecule has 1 aliphatic rings. The van der Waals surface area contributed by atoms with Crippen LogP contribution in [0.3, 0.4) is 0 Å². The quantitative estimate of drug-likeness (QED) is 0.191. The van der Waals surface area contributed by atoms with E-state index in [2.05, 4.69) is 5.32 Å². The summed E-state index contributed by atoms with van der Waals surface area (Å²) in [6, 6.07) is 12.8. The van der Waals surface area contributed by atoms with Crippen LogP contribution in [0.2, 0.25) is 0 Å². The summed E-state index contributed by atoms with van der Waals surface area (Å²) in [7, 11) is -0.652. The van der Waals surface area contributed by atoms with Gasteiger partial charge in [-0.1, -0.05) is 18.2 Å². The molecule has 0 spiro atoms. The topological polar surface area (TPSA) is 122 Å². The number of nitro benzene ring substituents is 1. The Balaban J connectivity index is 1.73. The molecule has 9 nitrogen and oxygen atoms in total. The van der Waals surface area contributed by atoms with E-state index in [1.54, 1.807) is 11.8 Å². The second-order valence-corrected chi connectivity index (χ2v) is 12.8. The second-order valence-electron chi connectivity index (χ2n) is 10.1. The molecule has 220 valence electrons. The predicted octanol–water partition coefficient (Wildman–Crippen LogP) is 5.29. The number of sulfonamides is 1. The Morgan fingerprint density at radius 2 is 1.77 bits per heavy atom. The number of alkyl halides is 3. The lowest BCUT2D eigenvalue weighted by molar-refractivity contribution is -0.384. The average molecular weight is 603 g/mol. The van der Waals surface area contributed by atoms with E-state index in [0.717, 1.165) is 11.0 Å². The maximum atomic E-state index is 12.9. The number of amides is 1. The fraction of sp³-hybridized carbons (Fsp3) is 0.500. The number of anilines is 1. The number of hydrogen-bond donors (Lipinski definition) is 2. The summed E-state index contributed by atoms with van der Waals surface area (Å²) in [5.41, 5.74) is -0.334. The summed E-state index contributed by atoms with van der Waals surface area (Å²) in [6.45, 7) is 0.712. The normalized spacial score (nSPS) is 18.8. The van der Waals surface area contributed by atoms with Gasteiger partial charge < -0.3 is 10.2 Å². The standard InChI is InChI=1S/C26H33F3N4O5S2/c1-32(2)15-14-20(17-39-21-6-4-3-5-7-21)30-23-13-12-22(16-24(23)33(35)36)40(37,38)31-25(34)18-8-10-19(11-9-18)26(27,28)29/h3-7,12-13,16,18-20,30H,8-11,14-15,17H2,1-2H3,(H,31,34)/t18?,19?,20-/m1/s1. The van der Waals surface area contributed by atoms with Crippen LogP contribution in [0.25, 0.3) is 0 Å². The average Bonchev–Trinajstić information content (AvgIpc) is 2.90. The fourth-order valence-electron chi connectivity index (χ4n) is 4.45. The SMILES string of the molecule is CN(C)CC[C@H](CSc1ccccc1)Nc1ccc(S(=O)(=O)NC(=O)C2CCC(C(F)(F)F)CC2)cc1[N+](=O)[O-]. The minimum atomic E-state index is -4.48. The number of benzene rings is 2. The molecule has 0 radical (unpaired) electrons. The van der Waals surface area contributed by atoms with Crippen LogP contribution in [-0.4, -0.2) is 62.8 Å². The molecule has 1 saturated carbocycles. The van der Waals surface area contributed by atoms with Crippen LogP contribution in [0.4, 0.5) is 24.5 Å². The number of carbonyl (C=O) groups excluding carboxylic acids is 1. The monoisotopic (exact) mass is 602 g/mol. The van der Waals surface area contributed by atoms with E-state index in [4.69, 9.17) is 0 Å². The molecule has 1 atom stereocenters. The minimum Gasteiger partial charge on any atom is -0.376 e. The molecule has 1 amide bonds. The van der Waals surface area contributed by atoms with E-state index in [1.165, 1.54) is 12.1 Å². The number of rotatable bonds is 12. The third-order valence-electron chi connectivity index (χ3n) is 6.75. The summed E-state index contributed by atoms with van der Waals surface area (Å²) >= 11 is 1.59. The lowest BCUT2D eigenvalue weighted by Gasteiger charge is -2.29. The van der Waals surface area contributed by atoms with Crippen LogP contribution in [0, 0.1) is 22.0 Å². The van der Waals surface area contributed by atoms with Crippen molar-refractivity contribution in [2.24, 2.45) is 11.8 Å². The highest BCUT2D eigenvalue weighted by Gasteiger charge is 2.43. The molecule has 2 N–H and O–H groups in total. The Hall–Kier alpha value is -2.84. The molecule has 0 aromatic heterocycles. The van der Waals surface area contributed by atoms with E-state index in [9.17, 15) is 36.5 Å². The highest BCUT2D eigenvalue weighted by Crippen LogP contribution is 2.39. The second kappa shape index (κ2) is 13.7. The molecular weight excluding hydrogens is 569 g/mol. The van der Waals surface area contributed by atoms with Gasteiger partial charge in [0.15, 0.2) is 0 Å². The number of hydrogen-bond acceptors (Lipinski definition) is 8. The van der Waals surface area contributed by atoms with Gasteiger partial charge in [0.2, 0.25) is 5.91 Å². The van der Waals surface area contributed by atoms with Gasteiger partial charge in [0.05, 0.1) is 15.7 Å². The molecule has 2 aromatic carbocycles. The first-order valence-corrected chi connectivity index (χ1v) is 15.2. The van der Waals surface area contributed by atoms with Gasteiger partial charge in [0.1, 0.15) is 5.69 Å². The van der Waals surface area contributed by atoms with Crippen molar-refractivity contribution < 1.29 is 31.3 Å². The van der Waals surface area contributed by atoms with Crippen molar-refractivity contribution >= 4 is 39.1 Å². The summed E-state index contributed by atoms with van der Waals surface area (Å²) in [4.78, 5) is 26.3. The van der Waals surface area contributed by atoms with Crippen molar-refractivity contribution in [2.75, 3.05) is 31.7 Å².